The molecule has 2 aliphatic rings. The molecule has 0 radical (unpaired) electrons. The molecule has 2 aromatic rings. The fourth-order valence-electron chi connectivity index (χ4n) is 6.28. The van der Waals surface area contributed by atoms with Crippen molar-refractivity contribution in [2.75, 3.05) is 6.54 Å². The Balaban J connectivity index is 1.71. The van der Waals surface area contributed by atoms with E-state index in [1.54, 1.807) is 11.0 Å². The van der Waals surface area contributed by atoms with Crippen molar-refractivity contribution in [1.29, 1.82) is 0 Å². The SMILES string of the molecule is C=CC(C(C)C(Cl)/C=C(/Cl)CC)N1CC(=O)[C@@]2(C)C(CC1=O)C2(c1ccccc1)c1ccccc1. The van der Waals surface area contributed by atoms with Crippen molar-refractivity contribution < 1.29 is 9.59 Å². The number of hydrogen-bond donors (Lipinski definition) is 0. The van der Waals surface area contributed by atoms with E-state index in [-0.39, 0.29) is 41.5 Å². The molecule has 3 nitrogen and oxygen atoms in total. The van der Waals surface area contributed by atoms with Crippen LogP contribution in [0.1, 0.15) is 44.7 Å². The first-order valence-corrected chi connectivity index (χ1v) is 13.1. The van der Waals surface area contributed by atoms with Gasteiger partial charge in [0.25, 0.3) is 0 Å². The number of likely N-dealkylation sites (tertiary alicyclic amines) is 1. The average Bonchev–Trinajstić information content (AvgIpc) is 3.45. The van der Waals surface area contributed by atoms with E-state index in [4.69, 9.17) is 23.2 Å². The van der Waals surface area contributed by atoms with Gasteiger partial charge in [0.05, 0.1) is 18.0 Å². The number of rotatable bonds is 8. The van der Waals surface area contributed by atoms with Crippen LogP contribution in [0.3, 0.4) is 0 Å². The lowest BCUT2D eigenvalue weighted by Gasteiger charge is -2.36. The van der Waals surface area contributed by atoms with E-state index in [0.29, 0.717) is 17.9 Å². The van der Waals surface area contributed by atoms with Gasteiger partial charge in [0.1, 0.15) is 0 Å². The molecule has 4 rings (SSSR count). The van der Waals surface area contributed by atoms with Crippen LogP contribution < -0.4 is 0 Å². The van der Waals surface area contributed by atoms with Crippen LogP contribution in [0.5, 0.6) is 0 Å². The van der Waals surface area contributed by atoms with Crippen LogP contribution >= 0.6 is 23.2 Å². The highest BCUT2D eigenvalue weighted by molar-refractivity contribution is 6.30. The molecular formula is C30H33Cl2NO2. The third-order valence-electron chi connectivity index (χ3n) is 8.33. The zero-order valence-corrected chi connectivity index (χ0v) is 22.1. The average molecular weight is 511 g/mol. The maximum Gasteiger partial charge on any atom is 0.223 e. The molecule has 0 spiro atoms. The molecular weight excluding hydrogens is 477 g/mol. The third kappa shape index (κ3) is 4.07. The summed E-state index contributed by atoms with van der Waals surface area (Å²) in [6, 6.07) is 19.9. The Bertz CT molecular complexity index is 1090. The molecule has 5 atom stereocenters. The van der Waals surface area contributed by atoms with Crippen LogP contribution in [0.25, 0.3) is 0 Å². The van der Waals surface area contributed by atoms with Gasteiger partial charge in [0, 0.05) is 28.2 Å². The largest absolute Gasteiger partial charge is 0.329 e. The zero-order valence-electron chi connectivity index (χ0n) is 20.6. The summed E-state index contributed by atoms with van der Waals surface area (Å²) >= 11 is 12.9. The minimum absolute atomic E-state index is 0.0352. The van der Waals surface area contributed by atoms with Gasteiger partial charge >= 0.3 is 0 Å². The highest BCUT2D eigenvalue weighted by Crippen LogP contribution is 2.75. The predicted molar refractivity (Wildman–Crippen MR) is 144 cm³/mol. The van der Waals surface area contributed by atoms with Gasteiger partial charge in [-0.3, -0.25) is 9.59 Å². The summed E-state index contributed by atoms with van der Waals surface area (Å²) in [4.78, 5) is 29.5. The summed E-state index contributed by atoms with van der Waals surface area (Å²) in [5.74, 6) is -0.228. The van der Waals surface area contributed by atoms with Crippen molar-refractivity contribution in [3.63, 3.8) is 0 Å². The van der Waals surface area contributed by atoms with Gasteiger partial charge in [-0.15, -0.1) is 18.2 Å². The highest BCUT2D eigenvalue weighted by atomic mass is 35.5. The first-order valence-electron chi connectivity index (χ1n) is 12.3. The predicted octanol–water partition coefficient (Wildman–Crippen LogP) is 6.74. The number of carbonyl (C=O) groups excluding carboxylic acids is 2. The fraction of sp³-hybridized carbons (Fsp3) is 0.400. The molecule has 5 heteroatoms. The van der Waals surface area contributed by atoms with E-state index in [2.05, 4.69) is 30.8 Å². The second-order valence-corrected chi connectivity index (χ2v) is 10.9. The molecule has 1 saturated carbocycles. The van der Waals surface area contributed by atoms with Crippen LogP contribution in [0.2, 0.25) is 0 Å². The van der Waals surface area contributed by atoms with E-state index in [9.17, 15) is 9.59 Å². The molecule has 35 heavy (non-hydrogen) atoms. The van der Waals surface area contributed by atoms with Gasteiger partial charge in [-0.2, -0.15) is 0 Å². The summed E-state index contributed by atoms with van der Waals surface area (Å²) in [6.07, 6.45) is 4.54. The van der Waals surface area contributed by atoms with Gasteiger partial charge in [-0.25, -0.2) is 0 Å². The number of fused-ring (bicyclic) bond motifs is 1. The molecule has 0 aromatic heterocycles. The van der Waals surface area contributed by atoms with E-state index >= 15 is 0 Å². The lowest BCUT2D eigenvalue weighted by molar-refractivity contribution is -0.137. The summed E-state index contributed by atoms with van der Waals surface area (Å²) in [5, 5.41) is 0.302. The molecule has 0 N–H and O–H groups in total. The number of ketones is 1. The lowest BCUT2D eigenvalue weighted by Crippen LogP contribution is -2.48. The van der Waals surface area contributed by atoms with Gasteiger partial charge in [-0.1, -0.05) is 105 Å². The topological polar surface area (TPSA) is 37.4 Å². The molecule has 1 amide bonds. The number of nitrogens with zero attached hydrogens (tertiary/aromatic N) is 1. The number of benzene rings is 2. The van der Waals surface area contributed by atoms with Crippen molar-refractivity contribution in [2.24, 2.45) is 17.3 Å². The number of alkyl halides is 1. The van der Waals surface area contributed by atoms with Crippen LogP contribution in [0.15, 0.2) is 84.4 Å². The van der Waals surface area contributed by atoms with E-state index in [0.717, 1.165) is 11.1 Å². The molecule has 1 saturated heterocycles. The second-order valence-electron chi connectivity index (χ2n) is 9.94. The van der Waals surface area contributed by atoms with Crippen molar-refractivity contribution in [1.82, 2.24) is 4.90 Å². The first kappa shape index (κ1) is 25.7. The molecule has 2 fully saturated rings. The van der Waals surface area contributed by atoms with Gasteiger partial charge in [0.15, 0.2) is 5.78 Å². The van der Waals surface area contributed by atoms with Crippen molar-refractivity contribution in [3.8, 4) is 0 Å². The Morgan fingerprint density at radius 3 is 2.14 bits per heavy atom. The Kier molecular flexibility index (Phi) is 7.31. The second kappa shape index (κ2) is 9.95. The molecule has 1 aliphatic heterocycles. The maximum absolute atomic E-state index is 14.0. The molecule has 1 aliphatic carbocycles. The van der Waals surface area contributed by atoms with Crippen molar-refractivity contribution in [3.05, 3.63) is 95.6 Å². The van der Waals surface area contributed by atoms with Crippen LogP contribution in [0.4, 0.5) is 0 Å². The molecule has 0 bridgehead atoms. The smallest absolute Gasteiger partial charge is 0.223 e. The molecule has 4 unspecified atom stereocenters. The molecule has 184 valence electrons. The third-order valence-corrected chi connectivity index (χ3v) is 9.24. The number of halogens is 2. The summed E-state index contributed by atoms with van der Waals surface area (Å²) in [7, 11) is 0. The highest BCUT2D eigenvalue weighted by Gasteiger charge is 2.79. The van der Waals surface area contributed by atoms with Crippen molar-refractivity contribution in [2.45, 2.75) is 50.4 Å². The lowest BCUT2D eigenvalue weighted by atomic mass is 9.78. The summed E-state index contributed by atoms with van der Waals surface area (Å²) in [5.41, 5.74) is 0.973. The maximum atomic E-state index is 14.0. The first-order chi connectivity index (χ1) is 16.7. The van der Waals surface area contributed by atoms with Crippen LogP contribution in [-0.2, 0) is 15.0 Å². The number of amides is 1. The Hall–Kier alpha value is -2.36. The van der Waals surface area contributed by atoms with Gasteiger partial charge in [-0.05, 0) is 23.5 Å². The van der Waals surface area contributed by atoms with E-state index < -0.39 is 10.8 Å². The summed E-state index contributed by atoms with van der Waals surface area (Å²) in [6.45, 7) is 10.0. The van der Waals surface area contributed by atoms with Crippen molar-refractivity contribution >= 4 is 34.9 Å². The van der Waals surface area contributed by atoms with Crippen LogP contribution in [0, 0.1) is 17.3 Å². The number of Topliss-reactive ketones (excluding diaryl/α,β-unsaturated/α-hetero) is 1. The van der Waals surface area contributed by atoms with E-state index in [1.165, 1.54) is 0 Å². The minimum atomic E-state index is -0.680. The zero-order chi connectivity index (χ0) is 25.4. The number of hydrogen-bond acceptors (Lipinski definition) is 2. The normalized spacial score (nSPS) is 26.4. The standard InChI is InChI=1S/C30H33Cl2NO2/c1-5-23(31)17-24(32)20(3)25(6-2)33-19-27(34)29(4)26(18-28(33)35)30(29,21-13-9-7-10-14-21)22-15-11-8-12-16-22/h6-17,20,24-26H,2,5,18-19H2,1,3-4H3/b23-17+/t20?,24?,25?,26?,29-/m1/s1. The van der Waals surface area contributed by atoms with E-state index in [1.807, 2.05) is 63.2 Å². The summed E-state index contributed by atoms with van der Waals surface area (Å²) < 4.78 is 0. The quantitative estimate of drug-likeness (QED) is 0.291. The van der Waals surface area contributed by atoms with Crippen LogP contribution in [-0.4, -0.2) is 34.6 Å². The number of carbonyl (C=O) groups is 2. The fourth-order valence-corrected chi connectivity index (χ4v) is 6.78. The Labute approximate surface area is 218 Å². The molecule has 1 heterocycles. The molecule has 2 aromatic carbocycles. The minimum Gasteiger partial charge on any atom is -0.329 e. The number of allylic oxidation sites excluding steroid dienone is 2. The Morgan fingerprint density at radius 2 is 1.66 bits per heavy atom. The Morgan fingerprint density at radius 1 is 1.11 bits per heavy atom. The van der Waals surface area contributed by atoms with Gasteiger partial charge < -0.3 is 4.90 Å². The van der Waals surface area contributed by atoms with Gasteiger partial charge in [0.2, 0.25) is 5.91 Å². The monoisotopic (exact) mass is 509 g/mol.